The molecule has 0 aliphatic heterocycles. The van der Waals surface area contributed by atoms with Gasteiger partial charge in [-0.15, -0.1) is 0 Å². The van der Waals surface area contributed by atoms with E-state index in [0.29, 0.717) is 16.9 Å². The summed E-state index contributed by atoms with van der Waals surface area (Å²) in [7, 11) is 1.49. The van der Waals surface area contributed by atoms with Crippen molar-refractivity contribution in [3.05, 3.63) is 39.8 Å². The molecule has 0 aliphatic carbocycles. The first-order valence-corrected chi connectivity index (χ1v) is 4.40. The third kappa shape index (κ3) is 2.68. The summed E-state index contributed by atoms with van der Waals surface area (Å²) in [4.78, 5) is 2.58. The maximum Gasteiger partial charge on any atom is 0.137 e. The second-order valence-electron chi connectivity index (χ2n) is 2.69. The maximum atomic E-state index is 8.95. The van der Waals surface area contributed by atoms with Crippen LogP contribution >= 0.6 is 0 Å². The van der Waals surface area contributed by atoms with Crippen molar-refractivity contribution < 1.29 is 4.74 Å². The van der Waals surface area contributed by atoms with Gasteiger partial charge in [0.25, 0.3) is 0 Å². The summed E-state index contributed by atoms with van der Waals surface area (Å²) in [5, 5.41) is 12.2. The molecule has 1 rings (SSSR count). The molecule has 0 saturated carbocycles. The van der Waals surface area contributed by atoms with Crippen LogP contribution in [-0.4, -0.2) is 13.7 Å². The fourth-order valence-electron chi connectivity index (χ4n) is 1.12. The van der Waals surface area contributed by atoms with Gasteiger partial charge in [0.05, 0.1) is 13.7 Å². The Bertz CT molecular complexity index is 527. The molecule has 0 atom stereocenters. The lowest BCUT2D eigenvalue weighted by Gasteiger charge is -2.02. The fraction of sp³-hybridized carbons (Fsp3) is 0.182. The molecule has 78 valence electrons. The number of hydrogen-bond acceptors (Lipinski definition) is 3. The van der Waals surface area contributed by atoms with Crippen molar-refractivity contribution in [2.45, 2.75) is 0 Å². The van der Waals surface area contributed by atoms with Gasteiger partial charge in [-0.1, -0.05) is 23.0 Å². The third-order valence-corrected chi connectivity index (χ3v) is 1.79. The van der Waals surface area contributed by atoms with Crippen LogP contribution in [0.25, 0.3) is 10.4 Å². The van der Waals surface area contributed by atoms with Gasteiger partial charge in [0.15, 0.2) is 0 Å². The van der Waals surface area contributed by atoms with E-state index in [0.717, 1.165) is 0 Å². The molecule has 0 unspecified atom stereocenters. The molecule has 0 heterocycles. The Labute approximate surface area is 92.9 Å². The summed E-state index contributed by atoms with van der Waals surface area (Å²) in [6, 6.07) is 7.18. The Kier molecular flexibility index (Phi) is 4.28. The molecule has 16 heavy (non-hydrogen) atoms. The van der Waals surface area contributed by atoms with Crippen molar-refractivity contribution in [3.8, 4) is 23.7 Å². The van der Waals surface area contributed by atoms with Crippen molar-refractivity contribution in [2.75, 3.05) is 13.7 Å². The van der Waals surface area contributed by atoms with E-state index in [9.17, 15) is 0 Å². The van der Waals surface area contributed by atoms with Crippen LogP contribution in [0.5, 0.6) is 5.75 Å². The molecular formula is C11H8N4O. The quantitative estimate of drug-likeness (QED) is 0.326. The van der Waals surface area contributed by atoms with Crippen molar-refractivity contribution >= 4 is 0 Å². The van der Waals surface area contributed by atoms with E-state index in [2.05, 4.69) is 21.9 Å². The largest absolute Gasteiger partial charge is 0.495 e. The van der Waals surface area contributed by atoms with Gasteiger partial charge in [0, 0.05) is 10.5 Å². The number of azide groups is 1. The van der Waals surface area contributed by atoms with E-state index in [1.807, 2.05) is 6.07 Å². The van der Waals surface area contributed by atoms with Crippen molar-refractivity contribution in [1.29, 1.82) is 5.26 Å². The van der Waals surface area contributed by atoms with Crippen molar-refractivity contribution in [3.63, 3.8) is 0 Å². The number of benzene rings is 1. The highest BCUT2D eigenvalue weighted by Crippen LogP contribution is 2.20. The van der Waals surface area contributed by atoms with Gasteiger partial charge in [-0.25, -0.2) is 0 Å². The Balaban J connectivity index is 3.08. The van der Waals surface area contributed by atoms with Crippen LogP contribution in [0.4, 0.5) is 0 Å². The minimum absolute atomic E-state index is 0.0819. The number of methoxy groups -OCH3 is 1. The second-order valence-corrected chi connectivity index (χ2v) is 2.69. The van der Waals surface area contributed by atoms with E-state index in [1.54, 1.807) is 18.2 Å². The Morgan fingerprint density at radius 3 is 3.00 bits per heavy atom. The number of ether oxygens (including phenoxy) is 1. The highest BCUT2D eigenvalue weighted by atomic mass is 16.5. The van der Waals surface area contributed by atoms with Crippen LogP contribution in [0.1, 0.15) is 11.1 Å². The molecule has 0 spiro atoms. The number of nitrogens with zero attached hydrogens (tertiary/aromatic N) is 4. The molecule has 0 fully saturated rings. The first-order chi connectivity index (χ1) is 7.83. The Hall–Kier alpha value is -2.62. The van der Waals surface area contributed by atoms with Gasteiger partial charge < -0.3 is 4.74 Å². The zero-order valence-corrected chi connectivity index (χ0v) is 8.64. The zero-order chi connectivity index (χ0) is 11.8. The first-order valence-electron chi connectivity index (χ1n) is 4.40. The van der Waals surface area contributed by atoms with Crippen LogP contribution < -0.4 is 4.74 Å². The molecule has 1 aromatic rings. The number of rotatable bonds is 2. The standard InChI is InChI=1S/C11H8N4O/c1-16-11-6-2-4-9(10(11)8-12)5-3-7-14-15-13/h2,4,6H,7H2,1H3. The van der Waals surface area contributed by atoms with Crippen LogP contribution in [-0.2, 0) is 0 Å². The minimum atomic E-state index is 0.0819. The molecule has 5 nitrogen and oxygen atoms in total. The second kappa shape index (κ2) is 5.98. The van der Waals surface area contributed by atoms with Gasteiger partial charge in [-0.05, 0) is 17.7 Å². The Morgan fingerprint density at radius 2 is 2.38 bits per heavy atom. The summed E-state index contributed by atoms with van der Waals surface area (Å²) in [5.74, 6) is 5.89. The first kappa shape index (κ1) is 11.5. The molecule has 5 heteroatoms. The lowest BCUT2D eigenvalue weighted by atomic mass is 10.1. The SMILES string of the molecule is COc1cccc(C#CCN=[N+]=[N-])c1C#N. The highest BCUT2D eigenvalue weighted by molar-refractivity contribution is 5.55. The summed E-state index contributed by atoms with van der Waals surface area (Å²) in [6.45, 7) is 0.0819. The fourth-order valence-corrected chi connectivity index (χ4v) is 1.12. The number of hydrogen-bond donors (Lipinski definition) is 0. The van der Waals surface area contributed by atoms with Gasteiger partial charge in [-0.3, -0.25) is 0 Å². The molecule has 0 bridgehead atoms. The zero-order valence-electron chi connectivity index (χ0n) is 8.64. The Morgan fingerprint density at radius 1 is 1.56 bits per heavy atom. The van der Waals surface area contributed by atoms with E-state index in [4.69, 9.17) is 15.5 Å². The molecule has 0 aliphatic rings. The molecule has 0 N–H and O–H groups in total. The molecule has 0 amide bonds. The average molecular weight is 212 g/mol. The van der Waals surface area contributed by atoms with Crippen LogP contribution in [0, 0.1) is 23.2 Å². The lowest BCUT2D eigenvalue weighted by molar-refractivity contribution is 0.413. The minimum Gasteiger partial charge on any atom is -0.495 e. The maximum absolute atomic E-state index is 8.95. The summed E-state index contributed by atoms with van der Waals surface area (Å²) in [5.41, 5.74) is 9.02. The van der Waals surface area contributed by atoms with Crippen LogP contribution in [0.3, 0.4) is 0 Å². The normalized spacial score (nSPS) is 8.00. The van der Waals surface area contributed by atoms with E-state index >= 15 is 0 Å². The topological polar surface area (TPSA) is 81.8 Å². The molecule has 1 aromatic carbocycles. The third-order valence-electron chi connectivity index (χ3n) is 1.79. The summed E-state index contributed by atoms with van der Waals surface area (Å²) < 4.78 is 5.03. The van der Waals surface area contributed by atoms with E-state index in [-0.39, 0.29) is 6.54 Å². The molecule has 0 aromatic heterocycles. The molecular weight excluding hydrogens is 204 g/mol. The van der Waals surface area contributed by atoms with Crippen molar-refractivity contribution in [1.82, 2.24) is 0 Å². The predicted octanol–water partition coefficient (Wildman–Crippen LogP) is 2.23. The molecule has 0 radical (unpaired) electrons. The highest BCUT2D eigenvalue weighted by Gasteiger charge is 2.05. The summed E-state index contributed by atoms with van der Waals surface area (Å²) >= 11 is 0. The summed E-state index contributed by atoms with van der Waals surface area (Å²) in [6.07, 6.45) is 0. The van der Waals surface area contributed by atoms with Crippen LogP contribution in [0.2, 0.25) is 0 Å². The van der Waals surface area contributed by atoms with Gasteiger partial charge >= 0.3 is 0 Å². The predicted molar refractivity (Wildman–Crippen MR) is 58.6 cm³/mol. The van der Waals surface area contributed by atoms with Gasteiger partial charge in [0.2, 0.25) is 0 Å². The van der Waals surface area contributed by atoms with Crippen LogP contribution in [0.15, 0.2) is 23.3 Å². The van der Waals surface area contributed by atoms with Crippen molar-refractivity contribution in [2.24, 2.45) is 5.11 Å². The number of nitriles is 1. The smallest absolute Gasteiger partial charge is 0.137 e. The van der Waals surface area contributed by atoms with Gasteiger partial charge in [-0.2, -0.15) is 5.26 Å². The van der Waals surface area contributed by atoms with E-state index < -0.39 is 0 Å². The lowest BCUT2D eigenvalue weighted by Crippen LogP contribution is -1.91. The van der Waals surface area contributed by atoms with Gasteiger partial charge in [0.1, 0.15) is 17.4 Å². The van der Waals surface area contributed by atoms with E-state index in [1.165, 1.54) is 7.11 Å². The monoisotopic (exact) mass is 212 g/mol. The average Bonchev–Trinajstić information content (AvgIpc) is 2.34. The molecule has 0 saturated heterocycles.